The molecule has 5 fully saturated rings. The number of carbonyl (C=O) groups is 2. The van der Waals surface area contributed by atoms with Crippen LogP contribution in [0.3, 0.4) is 0 Å². The minimum atomic E-state index is -0.254. The second-order valence-corrected chi connectivity index (χ2v) is 8.39. The summed E-state index contributed by atoms with van der Waals surface area (Å²) in [7, 11) is 0. The molecule has 1 aliphatic heterocycles. The lowest BCUT2D eigenvalue weighted by molar-refractivity contribution is -0.160. The van der Waals surface area contributed by atoms with Crippen molar-refractivity contribution in [2.45, 2.75) is 57.4 Å². The highest BCUT2D eigenvalue weighted by atomic mass is 16.2. The topological polar surface area (TPSA) is 49.4 Å². The number of nitrogens with zero attached hydrogens (tertiary/aromatic N) is 1. The van der Waals surface area contributed by atoms with Crippen LogP contribution in [0.25, 0.3) is 0 Å². The van der Waals surface area contributed by atoms with Gasteiger partial charge < -0.3 is 10.2 Å². The van der Waals surface area contributed by atoms with E-state index < -0.39 is 0 Å². The predicted molar refractivity (Wildman–Crippen MR) is 88.5 cm³/mol. The number of rotatable bonds is 4. The molecule has 4 aliphatic carbocycles. The van der Waals surface area contributed by atoms with E-state index in [0.29, 0.717) is 12.5 Å². The Bertz CT molecular complexity index is 492. The van der Waals surface area contributed by atoms with E-state index in [2.05, 4.69) is 11.9 Å². The van der Waals surface area contributed by atoms with Crippen molar-refractivity contribution in [3.8, 4) is 0 Å². The number of amides is 2. The van der Waals surface area contributed by atoms with Crippen LogP contribution in [0.15, 0.2) is 12.7 Å². The van der Waals surface area contributed by atoms with Crippen LogP contribution < -0.4 is 5.32 Å². The second kappa shape index (κ2) is 5.64. The van der Waals surface area contributed by atoms with Gasteiger partial charge in [0.15, 0.2) is 0 Å². The molecule has 0 aromatic heterocycles. The molecule has 23 heavy (non-hydrogen) atoms. The molecule has 4 heteroatoms. The van der Waals surface area contributed by atoms with Crippen LogP contribution in [0, 0.1) is 23.2 Å². The molecule has 1 N–H and O–H groups in total. The molecule has 0 aromatic carbocycles. The molecule has 4 saturated carbocycles. The summed E-state index contributed by atoms with van der Waals surface area (Å²) in [5, 5.41) is 2.88. The van der Waals surface area contributed by atoms with Crippen LogP contribution in [0.4, 0.5) is 0 Å². The van der Waals surface area contributed by atoms with E-state index in [4.69, 9.17) is 0 Å². The SMILES string of the molecule is C=CCNC(=O)C1CCCN1C(=O)C12CC3CC(CC(C3)C1)C2. The molecule has 5 aliphatic rings. The van der Waals surface area contributed by atoms with E-state index >= 15 is 0 Å². The predicted octanol–water partition coefficient (Wildman–Crippen LogP) is 2.50. The van der Waals surface area contributed by atoms with Gasteiger partial charge in [0.1, 0.15) is 6.04 Å². The van der Waals surface area contributed by atoms with Gasteiger partial charge in [0.25, 0.3) is 0 Å². The third kappa shape index (κ3) is 2.50. The van der Waals surface area contributed by atoms with Crippen molar-refractivity contribution in [1.29, 1.82) is 0 Å². The Balaban J connectivity index is 1.52. The Hall–Kier alpha value is -1.32. The Morgan fingerprint density at radius 1 is 1.13 bits per heavy atom. The van der Waals surface area contributed by atoms with Crippen molar-refractivity contribution in [2.75, 3.05) is 13.1 Å². The lowest BCUT2D eigenvalue weighted by atomic mass is 9.49. The van der Waals surface area contributed by atoms with Gasteiger partial charge in [-0.3, -0.25) is 9.59 Å². The highest BCUT2D eigenvalue weighted by molar-refractivity contribution is 5.91. The van der Waals surface area contributed by atoms with Gasteiger partial charge in [-0.05, 0) is 69.1 Å². The Morgan fingerprint density at radius 3 is 2.30 bits per heavy atom. The maximum atomic E-state index is 13.4. The summed E-state index contributed by atoms with van der Waals surface area (Å²) in [6, 6.07) is -0.254. The molecule has 1 saturated heterocycles. The number of hydrogen-bond acceptors (Lipinski definition) is 2. The van der Waals surface area contributed by atoms with E-state index in [-0.39, 0.29) is 17.4 Å². The van der Waals surface area contributed by atoms with Crippen LogP contribution in [0.5, 0.6) is 0 Å². The lowest BCUT2D eigenvalue weighted by Gasteiger charge is -2.56. The van der Waals surface area contributed by atoms with Crippen molar-refractivity contribution in [2.24, 2.45) is 23.2 Å². The first-order chi connectivity index (χ1) is 11.1. The van der Waals surface area contributed by atoms with Crippen molar-refractivity contribution in [3.05, 3.63) is 12.7 Å². The fourth-order valence-corrected chi connectivity index (χ4v) is 6.25. The summed E-state index contributed by atoms with van der Waals surface area (Å²) in [6.45, 7) is 4.88. The van der Waals surface area contributed by atoms with Gasteiger partial charge in [-0.15, -0.1) is 6.58 Å². The normalized spacial score (nSPS) is 41.1. The van der Waals surface area contributed by atoms with Crippen LogP contribution in [-0.4, -0.2) is 35.8 Å². The summed E-state index contributed by atoms with van der Waals surface area (Å²) < 4.78 is 0. The zero-order valence-electron chi connectivity index (χ0n) is 13.9. The average molecular weight is 316 g/mol. The molecule has 126 valence electrons. The highest BCUT2D eigenvalue weighted by Gasteiger charge is 2.56. The molecular formula is C19H28N2O2. The summed E-state index contributed by atoms with van der Waals surface area (Å²) in [6.07, 6.45) is 10.7. The minimum absolute atomic E-state index is 0.000443. The third-order valence-electron chi connectivity index (χ3n) is 6.73. The summed E-state index contributed by atoms with van der Waals surface area (Å²) in [5.41, 5.74) is -0.129. The van der Waals surface area contributed by atoms with Crippen LogP contribution >= 0.6 is 0 Å². The summed E-state index contributed by atoms with van der Waals surface area (Å²) in [4.78, 5) is 27.7. The quantitative estimate of drug-likeness (QED) is 0.810. The van der Waals surface area contributed by atoms with Gasteiger partial charge in [0, 0.05) is 13.1 Å². The average Bonchev–Trinajstić information content (AvgIpc) is 3.00. The lowest BCUT2D eigenvalue weighted by Crippen LogP contribution is -2.57. The molecule has 0 radical (unpaired) electrons. The molecule has 4 nitrogen and oxygen atoms in total. The van der Waals surface area contributed by atoms with Gasteiger partial charge in [-0.2, -0.15) is 0 Å². The van der Waals surface area contributed by atoms with Gasteiger partial charge in [-0.1, -0.05) is 6.08 Å². The maximum absolute atomic E-state index is 13.4. The number of nitrogens with one attached hydrogen (secondary N) is 1. The first-order valence-corrected chi connectivity index (χ1v) is 9.31. The summed E-state index contributed by atoms with van der Waals surface area (Å²) in [5.74, 6) is 2.59. The molecule has 1 unspecified atom stereocenters. The van der Waals surface area contributed by atoms with Gasteiger partial charge in [-0.25, -0.2) is 0 Å². The molecule has 0 spiro atoms. The monoisotopic (exact) mass is 316 g/mol. The first-order valence-electron chi connectivity index (χ1n) is 9.31. The van der Waals surface area contributed by atoms with Crippen LogP contribution in [-0.2, 0) is 9.59 Å². The van der Waals surface area contributed by atoms with E-state index in [1.165, 1.54) is 19.3 Å². The molecule has 1 heterocycles. The largest absolute Gasteiger partial charge is 0.351 e. The Labute approximate surface area is 138 Å². The van der Waals surface area contributed by atoms with Crippen molar-refractivity contribution in [3.63, 3.8) is 0 Å². The van der Waals surface area contributed by atoms with Crippen molar-refractivity contribution >= 4 is 11.8 Å². The van der Waals surface area contributed by atoms with E-state index in [1.807, 2.05) is 4.90 Å². The van der Waals surface area contributed by atoms with Gasteiger partial charge >= 0.3 is 0 Å². The van der Waals surface area contributed by atoms with E-state index in [1.54, 1.807) is 6.08 Å². The fourth-order valence-electron chi connectivity index (χ4n) is 6.25. The zero-order valence-corrected chi connectivity index (χ0v) is 13.9. The van der Waals surface area contributed by atoms with Crippen molar-refractivity contribution < 1.29 is 9.59 Å². The van der Waals surface area contributed by atoms with E-state index in [0.717, 1.165) is 56.4 Å². The van der Waals surface area contributed by atoms with Crippen molar-refractivity contribution in [1.82, 2.24) is 10.2 Å². The van der Waals surface area contributed by atoms with Gasteiger partial charge in [0.2, 0.25) is 11.8 Å². The zero-order chi connectivity index (χ0) is 16.0. The molecule has 5 rings (SSSR count). The van der Waals surface area contributed by atoms with Gasteiger partial charge in [0.05, 0.1) is 5.41 Å². The van der Waals surface area contributed by atoms with Crippen LogP contribution in [0.1, 0.15) is 51.4 Å². The fraction of sp³-hybridized carbons (Fsp3) is 0.789. The third-order valence-corrected chi connectivity index (χ3v) is 6.73. The second-order valence-electron chi connectivity index (χ2n) is 8.39. The number of hydrogen-bond donors (Lipinski definition) is 1. The standard InChI is InChI=1S/C19H28N2O2/c1-2-5-20-17(22)16-4-3-6-21(16)18(23)19-10-13-7-14(11-19)9-15(8-13)12-19/h2,13-16H,1,3-12H2,(H,20,22). The number of carbonyl (C=O) groups excluding carboxylic acids is 2. The molecule has 2 amide bonds. The van der Waals surface area contributed by atoms with Crippen LogP contribution in [0.2, 0.25) is 0 Å². The highest BCUT2D eigenvalue weighted by Crippen LogP contribution is 2.60. The minimum Gasteiger partial charge on any atom is -0.351 e. The smallest absolute Gasteiger partial charge is 0.243 e. The molecule has 4 bridgehead atoms. The summed E-state index contributed by atoms with van der Waals surface area (Å²) >= 11 is 0. The Kier molecular flexibility index (Phi) is 3.73. The molecular weight excluding hydrogens is 288 g/mol. The maximum Gasteiger partial charge on any atom is 0.243 e. The Morgan fingerprint density at radius 2 is 1.74 bits per heavy atom. The number of likely N-dealkylation sites (tertiary alicyclic amines) is 1. The first kappa shape index (κ1) is 15.2. The molecule has 0 aromatic rings. The van der Waals surface area contributed by atoms with E-state index in [9.17, 15) is 9.59 Å². The molecule has 1 atom stereocenters.